The van der Waals surface area contributed by atoms with Gasteiger partial charge in [0, 0.05) is 23.9 Å². The Balaban J connectivity index is 0.00000312. The molecule has 5 nitrogen and oxygen atoms in total. The van der Waals surface area contributed by atoms with Crippen molar-refractivity contribution in [1.29, 1.82) is 0 Å². The van der Waals surface area contributed by atoms with Crippen molar-refractivity contribution in [3.05, 3.63) is 47.7 Å². The van der Waals surface area contributed by atoms with Crippen LogP contribution in [0.15, 0.2) is 36.4 Å². The van der Waals surface area contributed by atoms with Crippen molar-refractivity contribution in [2.45, 2.75) is 39.7 Å². The average Bonchev–Trinajstić information content (AvgIpc) is 2.91. The van der Waals surface area contributed by atoms with Crippen LogP contribution in [0.2, 0.25) is 0 Å². The van der Waals surface area contributed by atoms with E-state index in [2.05, 4.69) is 43.5 Å². The number of nitrogens with one attached hydrogen (secondary N) is 2. The van der Waals surface area contributed by atoms with E-state index < -0.39 is 0 Å². The summed E-state index contributed by atoms with van der Waals surface area (Å²) >= 11 is 0. The van der Waals surface area contributed by atoms with Crippen LogP contribution in [0.5, 0.6) is 0 Å². The van der Waals surface area contributed by atoms with Gasteiger partial charge in [-0.05, 0) is 12.6 Å². The Morgan fingerprint density at radius 3 is 2.44 bits per heavy atom. The molecule has 1 amide bonds. The number of halogens is 1. The molecule has 0 radical (unpaired) electrons. The maximum absolute atomic E-state index is 12.4. The van der Waals surface area contributed by atoms with Crippen molar-refractivity contribution in [1.82, 2.24) is 15.1 Å². The second-order valence-corrected chi connectivity index (χ2v) is 7.26. The summed E-state index contributed by atoms with van der Waals surface area (Å²) in [6, 6.07) is 12.1. The van der Waals surface area contributed by atoms with Gasteiger partial charge in [0.25, 0.3) is 0 Å². The molecule has 1 unspecified atom stereocenters. The second-order valence-electron chi connectivity index (χ2n) is 7.26. The van der Waals surface area contributed by atoms with Crippen molar-refractivity contribution in [2.24, 2.45) is 5.92 Å². The van der Waals surface area contributed by atoms with Crippen LogP contribution < -0.4 is 10.6 Å². The molecule has 2 N–H and O–H groups in total. The molecule has 0 saturated carbocycles. The largest absolute Gasteiger partial charge is 0.319 e. The van der Waals surface area contributed by atoms with E-state index in [9.17, 15) is 4.79 Å². The highest BCUT2D eigenvalue weighted by molar-refractivity contribution is 5.91. The van der Waals surface area contributed by atoms with Crippen LogP contribution in [0.25, 0.3) is 0 Å². The summed E-state index contributed by atoms with van der Waals surface area (Å²) in [4.78, 5) is 12.4. The maximum atomic E-state index is 12.4. The molecule has 1 atom stereocenters. The number of nitrogens with zero attached hydrogens (tertiary/aromatic N) is 2. The van der Waals surface area contributed by atoms with Crippen LogP contribution in [0.3, 0.4) is 0 Å². The van der Waals surface area contributed by atoms with Crippen molar-refractivity contribution in [3.63, 3.8) is 0 Å². The number of carbonyl (C=O) groups is 1. The van der Waals surface area contributed by atoms with E-state index in [1.165, 1.54) is 0 Å². The number of amides is 1. The van der Waals surface area contributed by atoms with E-state index in [1.54, 1.807) is 0 Å². The zero-order valence-corrected chi connectivity index (χ0v) is 16.5. The highest BCUT2D eigenvalue weighted by atomic mass is 35.5. The molecule has 1 heterocycles. The quantitative estimate of drug-likeness (QED) is 0.825. The Morgan fingerprint density at radius 2 is 1.88 bits per heavy atom. The van der Waals surface area contributed by atoms with Gasteiger partial charge in [0.15, 0.2) is 0 Å². The molecule has 0 aliphatic rings. The Kier molecular flexibility index (Phi) is 7.64. The fourth-order valence-electron chi connectivity index (χ4n) is 2.41. The van der Waals surface area contributed by atoms with Gasteiger partial charge in [-0.1, -0.05) is 58.0 Å². The van der Waals surface area contributed by atoms with Crippen LogP contribution >= 0.6 is 12.4 Å². The average molecular weight is 365 g/mol. The molecule has 6 heteroatoms. The van der Waals surface area contributed by atoms with E-state index in [0.717, 1.165) is 17.1 Å². The Hall–Kier alpha value is -1.85. The first-order valence-corrected chi connectivity index (χ1v) is 8.39. The third-order valence-corrected chi connectivity index (χ3v) is 3.93. The predicted molar refractivity (Wildman–Crippen MR) is 105 cm³/mol. The summed E-state index contributed by atoms with van der Waals surface area (Å²) < 4.78 is 1.87. The van der Waals surface area contributed by atoms with Crippen molar-refractivity contribution in [2.75, 3.05) is 18.9 Å². The van der Waals surface area contributed by atoms with Crippen molar-refractivity contribution in [3.8, 4) is 0 Å². The van der Waals surface area contributed by atoms with E-state index in [0.29, 0.717) is 13.1 Å². The molecule has 0 aliphatic heterocycles. The van der Waals surface area contributed by atoms with Gasteiger partial charge < -0.3 is 10.6 Å². The van der Waals surface area contributed by atoms with E-state index in [-0.39, 0.29) is 29.6 Å². The second kappa shape index (κ2) is 9.02. The molecule has 2 aromatic rings. The summed E-state index contributed by atoms with van der Waals surface area (Å²) in [5.74, 6) is 0.643. The van der Waals surface area contributed by atoms with Crippen molar-refractivity contribution < 1.29 is 4.79 Å². The number of rotatable bonds is 6. The highest BCUT2D eigenvalue weighted by Crippen LogP contribution is 2.25. The molecule has 0 spiro atoms. The molecular formula is C19H29ClN4O. The number of carbonyl (C=O) groups excluding carboxylic acids is 1. The van der Waals surface area contributed by atoms with Gasteiger partial charge in [-0.15, -0.1) is 12.4 Å². The molecule has 1 aromatic carbocycles. The lowest BCUT2D eigenvalue weighted by Crippen LogP contribution is -2.29. The first-order valence-electron chi connectivity index (χ1n) is 8.39. The third kappa shape index (κ3) is 5.87. The minimum absolute atomic E-state index is 0. The molecule has 0 aliphatic carbocycles. The SMILES string of the molecule is CNCC(C)C(=O)Nc1cc(C(C)(C)C)nn1Cc1ccccc1.Cl. The first kappa shape index (κ1) is 21.2. The molecule has 25 heavy (non-hydrogen) atoms. The van der Waals surface area contributed by atoms with Crippen LogP contribution in [0, 0.1) is 5.92 Å². The zero-order valence-electron chi connectivity index (χ0n) is 15.7. The molecule has 0 bridgehead atoms. The lowest BCUT2D eigenvalue weighted by Gasteiger charge is -2.14. The lowest BCUT2D eigenvalue weighted by atomic mass is 9.92. The standard InChI is InChI=1S/C19H28N4O.ClH/c1-14(12-20-5)18(24)21-17-11-16(19(2,3)4)22-23(17)13-15-9-7-6-8-10-15;/h6-11,14,20H,12-13H2,1-5H3,(H,21,24);1H. The maximum Gasteiger partial charge on any atom is 0.229 e. The van der Waals surface area contributed by atoms with Crippen molar-refractivity contribution >= 4 is 24.1 Å². The van der Waals surface area contributed by atoms with E-state index in [4.69, 9.17) is 5.10 Å². The minimum Gasteiger partial charge on any atom is -0.319 e. The topological polar surface area (TPSA) is 59.0 Å². The van der Waals surface area contributed by atoms with Gasteiger partial charge in [0.05, 0.1) is 12.2 Å². The van der Waals surface area contributed by atoms with Gasteiger partial charge >= 0.3 is 0 Å². The summed E-state index contributed by atoms with van der Waals surface area (Å²) in [6.07, 6.45) is 0. The monoisotopic (exact) mass is 364 g/mol. The van der Waals surface area contributed by atoms with Gasteiger partial charge in [-0.25, -0.2) is 4.68 Å². The fourth-order valence-corrected chi connectivity index (χ4v) is 2.41. The summed E-state index contributed by atoms with van der Waals surface area (Å²) in [7, 11) is 1.85. The van der Waals surface area contributed by atoms with Gasteiger partial charge in [-0.3, -0.25) is 4.79 Å². The minimum atomic E-state index is -0.104. The smallest absolute Gasteiger partial charge is 0.229 e. The number of hydrogen-bond acceptors (Lipinski definition) is 3. The number of hydrogen-bond donors (Lipinski definition) is 2. The predicted octanol–water partition coefficient (Wildman–Crippen LogP) is 3.44. The number of anilines is 1. The molecule has 138 valence electrons. The summed E-state index contributed by atoms with van der Waals surface area (Å²) in [6.45, 7) is 9.55. The number of benzene rings is 1. The molecule has 2 rings (SSSR count). The lowest BCUT2D eigenvalue weighted by molar-refractivity contribution is -0.119. The zero-order chi connectivity index (χ0) is 17.7. The van der Waals surface area contributed by atoms with Gasteiger partial charge in [0.2, 0.25) is 5.91 Å². The summed E-state index contributed by atoms with van der Waals surface area (Å²) in [5, 5.41) is 10.8. The Labute approximate surface area is 156 Å². The summed E-state index contributed by atoms with van der Waals surface area (Å²) in [5.41, 5.74) is 2.05. The first-order chi connectivity index (χ1) is 11.3. The Morgan fingerprint density at radius 1 is 1.24 bits per heavy atom. The fraction of sp³-hybridized carbons (Fsp3) is 0.474. The molecule has 1 aromatic heterocycles. The highest BCUT2D eigenvalue weighted by Gasteiger charge is 2.22. The van der Waals surface area contributed by atoms with Crippen LogP contribution in [0.1, 0.15) is 39.0 Å². The van der Waals surface area contributed by atoms with Gasteiger partial charge in [0.1, 0.15) is 5.82 Å². The van der Waals surface area contributed by atoms with Gasteiger partial charge in [-0.2, -0.15) is 5.10 Å². The van der Waals surface area contributed by atoms with Crippen LogP contribution in [-0.2, 0) is 16.8 Å². The van der Waals surface area contributed by atoms with E-state index in [1.807, 2.05) is 42.9 Å². The van der Waals surface area contributed by atoms with Crippen LogP contribution in [0.4, 0.5) is 5.82 Å². The molecular weight excluding hydrogens is 336 g/mol. The van der Waals surface area contributed by atoms with E-state index >= 15 is 0 Å². The number of aromatic nitrogens is 2. The third-order valence-electron chi connectivity index (χ3n) is 3.93. The Bertz CT molecular complexity index is 676. The normalized spacial score (nSPS) is 12.4. The molecule has 0 saturated heterocycles. The van der Waals surface area contributed by atoms with Crippen LogP contribution in [-0.4, -0.2) is 29.3 Å². The molecule has 0 fully saturated rings.